The molecule has 0 bridgehead atoms. The Kier molecular flexibility index (Phi) is 5.96. The van der Waals surface area contributed by atoms with E-state index in [9.17, 15) is 4.79 Å². The molecule has 0 saturated heterocycles. The van der Waals surface area contributed by atoms with Crippen molar-refractivity contribution >= 4 is 11.6 Å². The van der Waals surface area contributed by atoms with Crippen LogP contribution in [0.2, 0.25) is 0 Å². The zero-order chi connectivity index (χ0) is 15.8. The molecule has 1 amide bonds. The van der Waals surface area contributed by atoms with Crippen LogP contribution in [-0.2, 0) is 6.42 Å². The van der Waals surface area contributed by atoms with Crippen LogP contribution in [0.15, 0.2) is 61.2 Å². The Morgan fingerprint density at radius 3 is 2.27 bits per heavy atom. The first-order valence-corrected chi connectivity index (χ1v) is 7.85. The fourth-order valence-corrected chi connectivity index (χ4v) is 2.32. The van der Waals surface area contributed by atoms with Crippen LogP contribution in [0.1, 0.15) is 47.7 Å². The third-order valence-electron chi connectivity index (χ3n) is 3.67. The van der Waals surface area contributed by atoms with Crippen molar-refractivity contribution in [2.75, 3.05) is 0 Å². The van der Waals surface area contributed by atoms with E-state index in [-0.39, 0.29) is 5.91 Å². The maximum absolute atomic E-state index is 12.2. The van der Waals surface area contributed by atoms with E-state index in [1.807, 2.05) is 54.6 Å². The lowest BCUT2D eigenvalue weighted by atomic mass is 10.0. The molecule has 2 aromatic carbocycles. The topological polar surface area (TPSA) is 29.1 Å². The van der Waals surface area contributed by atoms with Crippen LogP contribution in [0.4, 0.5) is 0 Å². The van der Waals surface area contributed by atoms with E-state index in [1.165, 1.54) is 24.8 Å². The fraction of sp³-hybridized carbons (Fsp3) is 0.250. The molecule has 2 rings (SSSR count). The van der Waals surface area contributed by atoms with Crippen molar-refractivity contribution in [1.29, 1.82) is 0 Å². The first kappa shape index (κ1) is 16.0. The van der Waals surface area contributed by atoms with Gasteiger partial charge < -0.3 is 5.32 Å². The molecule has 114 valence electrons. The van der Waals surface area contributed by atoms with Gasteiger partial charge in [-0.1, -0.05) is 68.8 Å². The van der Waals surface area contributed by atoms with Gasteiger partial charge in [-0.2, -0.15) is 0 Å². The molecular formula is C20H23NO. The summed E-state index contributed by atoms with van der Waals surface area (Å²) in [5.74, 6) is -0.117. The second-order valence-corrected chi connectivity index (χ2v) is 5.45. The maximum atomic E-state index is 12.2. The van der Waals surface area contributed by atoms with E-state index in [1.54, 1.807) is 0 Å². The average molecular weight is 293 g/mol. The zero-order valence-electron chi connectivity index (χ0n) is 13.1. The van der Waals surface area contributed by atoms with Crippen molar-refractivity contribution in [1.82, 2.24) is 5.32 Å². The molecule has 2 heteroatoms. The number of amides is 1. The molecule has 0 saturated carbocycles. The van der Waals surface area contributed by atoms with Gasteiger partial charge in [-0.25, -0.2) is 0 Å². The highest BCUT2D eigenvalue weighted by Gasteiger charge is 2.07. The van der Waals surface area contributed by atoms with Crippen LogP contribution >= 0.6 is 0 Å². The number of hydrogen-bond donors (Lipinski definition) is 1. The van der Waals surface area contributed by atoms with E-state index < -0.39 is 0 Å². The molecule has 0 aliphatic carbocycles. The number of hydrogen-bond acceptors (Lipinski definition) is 1. The monoisotopic (exact) mass is 293 g/mol. The number of unbranched alkanes of at least 4 members (excludes halogenated alkanes) is 2. The number of aryl methyl sites for hydroxylation is 1. The number of benzene rings is 2. The Morgan fingerprint density at radius 2 is 1.64 bits per heavy atom. The lowest BCUT2D eigenvalue weighted by molar-refractivity contribution is 0.0974. The lowest BCUT2D eigenvalue weighted by Gasteiger charge is -2.09. The van der Waals surface area contributed by atoms with Crippen LogP contribution in [0.5, 0.6) is 0 Å². The Hall–Kier alpha value is -2.35. The molecule has 0 aliphatic rings. The van der Waals surface area contributed by atoms with Crippen molar-refractivity contribution in [3.05, 3.63) is 77.9 Å². The molecule has 0 unspecified atom stereocenters. The lowest BCUT2D eigenvalue weighted by Crippen LogP contribution is -2.21. The Bertz CT molecular complexity index is 614. The van der Waals surface area contributed by atoms with E-state index in [0.29, 0.717) is 11.3 Å². The summed E-state index contributed by atoms with van der Waals surface area (Å²) in [6.45, 7) is 6.13. The Balaban J connectivity index is 1.94. The number of carbonyl (C=O) groups is 1. The van der Waals surface area contributed by atoms with Gasteiger partial charge in [0, 0.05) is 11.3 Å². The quantitative estimate of drug-likeness (QED) is 0.729. The predicted octanol–water partition coefficient (Wildman–Crippen LogP) is 4.82. The molecule has 0 aromatic heterocycles. The van der Waals surface area contributed by atoms with Gasteiger partial charge >= 0.3 is 0 Å². The highest BCUT2D eigenvalue weighted by Crippen LogP contribution is 2.12. The van der Waals surface area contributed by atoms with E-state index in [2.05, 4.69) is 18.8 Å². The molecular weight excluding hydrogens is 270 g/mol. The summed E-state index contributed by atoms with van der Waals surface area (Å²) < 4.78 is 0. The summed E-state index contributed by atoms with van der Waals surface area (Å²) >= 11 is 0. The van der Waals surface area contributed by atoms with Gasteiger partial charge in [0.2, 0.25) is 0 Å². The predicted molar refractivity (Wildman–Crippen MR) is 92.6 cm³/mol. The second kappa shape index (κ2) is 8.18. The average Bonchev–Trinajstić information content (AvgIpc) is 2.56. The van der Waals surface area contributed by atoms with Crippen LogP contribution in [0, 0.1) is 0 Å². The van der Waals surface area contributed by atoms with Gasteiger partial charge in [-0.15, -0.1) is 0 Å². The highest BCUT2D eigenvalue weighted by atomic mass is 16.1. The van der Waals surface area contributed by atoms with Gasteiger partial charge in [0.1, 0.15) is 0 Å². The Labute approximate surface area is 132 Å². The first-order valence-electron chi connectivity index (χ1n) is 7.85. The number of rotatable bonds is 7. The minimum Gasteiger partial charge on any atom is -0.322 e. The van der Waals surface area contributed by atoms with Gasteiger partial charge in [0.05, 0.1) is 0 Å². The van der Waals surface area contributed by atoms with Crippen LogP contribution < -0.4 is 5.32 Å². The van der Waals surface area contributed by atoms with Crippen molar-refractivity contribution in [2.24, 2.45) is 0 Å². The molecule has 0 spiro atoms. The zero-order valence-corrected chi connectivity index (χ0v) is 13.1. The number of nitrogens with one attached hydrogen (secondary N) is 1. The van der Waals surface area contributed by atoms with Crippen molar-refractivity contribution < 1.29 is 4.79 Å². The highest BCUT2D eigenvalue weighted by molar-refractivity contribution is 5.99. The van der Waals surface area contributed by atoms with Crippen molar-refractivity contribution in [3.8, 4) is 0 Å². The third kappa shape index (κ3) is 4.59. The minimum absolute atomic E-state index is 0.117. The van der Waals surface area contributed by atoms with Gasteiger partial charge in [0.25, 0.3) is 5.91 Å². The molecule has 0 aliphatic heterocycles. The smallest absolute Gasteiger partial charge is 0.255 e. The molecule has 2 nitrogen and oxygen atoms in total. The molecule has 22 heavy (non-hydrogen) atoms. The third-order valence-corrected chi connectivity index (χ3v) is 3.67. The van der Waals surface area contributed by atoms with Crippen LogP contribution in [0.3, 0.4) is 0 Å². The van der Waals surface area contributed by atoms with Crippen molar-refractivity contribution in [2.45, 2.75) is 32.6 Å². The van der Waals surface area contributed by atoms with Crippen molar-refractivity contribution in [3.63, 3.8) is 0 Å². The van der Waals surface area contributed by atoms with Gasteiger partial charge in [0.15, 0.2) is 0 Å². The van der Waals surface area contributed by atoms with Gasteiger partial charge in [-0.05, 0) is 36.1 Å². The standard InChI is InChI=1S/C20H23NO/c1-3-4-6-9-17-12-14-19(15-13-17)20(22)21-16(2)18-10-7-5-8-11-18/h5,7-8,10-15H,2-4,6,9H2,1H3,(H,21,22). The molecule has 2 aromatic rings. The van der Waals surface area contributed by atoms with E-state index in [4.69, 9.17) is 0 Å². The second-order valence-electron chi connectivity index (χ2n) is 5.45. The molecule has 0 fully saturated rings. The molecule has 0 radical (unpaired) electrons. The van der Waals surface area contributed by atoms with Gasteiger partial charge in [-0.3, -0.25) is 4.79 Å². The Morgan fingerprint density at radius 1 is 0.955 bits per heavy atom. The molecule has 0 atom stereocenters. The van der Waals surface area contributed by atoms with Crippen LogP contribution in [0.25, 0.3) is 5.70 Å². The van der Waals surface area contributed by atoms with E-state index in [0.717, 1.165) is 12.0 Å². The minimum atomic E-state index is -0.117. The SMILES string of the molecule is C=C(NC(=O)c1ccc(CCCCC)cc1)c1ccccc1. The summed E-state index contributed by atoms with van der Waals surface area (Å²) in [7, 11) is 0. The summed E-state index contributed by atoms with van der Waals surface area (Å²) in [6.07, 6.45) is 4.75. The molecule has 1 N–H and O–H groups in total. The first-order chi connectivity index (χ1) is 10.7. The summed E-state index contributed by atoms with van der Waals surface area (Å²) in [5.41, 5.74) is 3.49. The van der Waals surface area contributed by atoms with E-state index >= 15 is 0 Å². The largest absolute Gasteiger partial charge is 0.322 e. The van der Waals surface area contributed by atoms with Crippen LogP contribution in [-0.4, -0.2) is 5.91 Å². The summed E-state index contributed by atoms with van der Waals surface area (Å²) in [5, 5.41) is 2.85. The normalized spacial score (nSPS) is 10.2. The fourth-order valence-electron chi connectivity index (χ4n) is 2.32. The number of carbonyl (C=O) groups excluding carboxylic acids is 1. The summed E-state index contributed by atoms with van der Waals surface area (Å²) in [6, 6.07) is 17.5. The maximum Gasteiger partial charge on any atom is 0.255 e. The summed E-state index contributed by atoms with van der Waals surface area (Å²) in [4.78, 5) is 12.2. The molecule has 0 heterocycles.